The van der Waals surface area contributed by atoms with Crippen LogP contribution < -0.4 is 27.8 Å². The van der Waals surface area contributed by atoms with Gasteiger partial charge in [-0.2, -0.15) is 0 Å². The Morgan fingerprint density at radius 1 is 1.17 bits per heavy atom. The van der Waals surface area contributed by atoms with Gasteiger partial charge >= 0.3 is 0 Å². The summed E-state index contributed by atoms with van der Waals surface area (Å²) in [5, 5.41) is 56.2. The van der Waals surface area contributed by atoms with Crippen LogP contribution in [0, 0.1) is 0 Å². The van der Waals surface area contributed by atoms with E-state index in [0.717, 1.165) is 0 Å². The van der Waals surface area contributed by atoms with Crippen molar-refractivity contribution in [2.24, 2.45) is 17.2 Å². The lowest BCUT2D eigenvalue weighted by atomic mass is 9.84. The maximum Gasteiger partial charge on any atom is 0.249 e. The van der Waals surface area contributed by atoms with Gasteiger partial charge in [-0.1, -0.05) is 0 Å². The zero-order chi connectivity index (χ0) is 22.6. The molecule has 0 spiro atoms. The van der Waals surface area contributed by atoms with Crippen LogP contribution in [0.4, 0.5) is 0 Å². The molecule has 1 heterocycles. The predicted molar refractivity (Wildman–Crippen MR) is 104 cm³/mol. The SMILES string of the molecule is CNCC1OC(OC2C(N)CC(NC(=O)[C@@H](O)CCN)C(O)C2O)C(N)C(O)C1O. The Labute approximate surface area is 174 Å². The molecule has 176 valence electrons. The fourth-order valence-corrected chi connectivity index (χ4v) is 3.75. The molecule has 1 aliphatic carbocycles. The molecular formula is C17H35N5O8. The number of carbonyl (C=O) groups is 1. The normalized spacial score (nSPS) is 43.2. The molecule has 0 aromatic carbocycles. The van der Waals surface area contributed by atoms with Gasteiger partial charge in [-0.05, 0) is 26.4 Å². The highest BCUT2D eigenvalue weighted by molar-refractivity contribution is 5.80. The molecule has 1 amide bonds. The Hall–Kier alpha value is -0.970. The molecule has 0 aromatic heterocycles. The van der Waals surface area contributed by atoms with Crippen molar-refractivity contribution in [2.45, 2.75) is 80.0 Å². The molecule has 0 radical (unpaired) electrons. The molecule has 11 atom stereocenters. The second-order valence-corrected chi connectivity index (χ2v) is 7.85. The van der Waals surface area contributed by atoms with Gasteiger partial charge in [0.2, 0.25) is 5.91 Å². The maximum absolute atomic E-state index is 12.0. The molecule has 2 rings (SSSR count). The lowest BCUT2D eigenvalue weighted by molar-refractivity contribution is -0.289. The van der Waals surface area contributed by atoms with Gasteiger partial charge in [0.25, 0.3) is 0 Å². The van der Waals surface area contributed by atoms with Crippen LogP contribution in [0.25, 0.3) is 0 Å². The molecule has 13 nitrogen and oxygen atoms in total. The topological polar surface area (TPSA) is 239 Å². The van der Waals surface area contributed by atoms with Crippen LogP contribution >= 0.6 is 0 Å². The smallest absolute Gasteiger partial charge is 0.249 e. The third-order valence-electron chi connectivity index (χ3n) is 5.56. The van der Waals surface area contributed by atoms with E-state index in [1.165, 1.54) is 0 Å². The Kier molecular flexibility index (Phi) is 9.32. The van der Waals surface area contributed by atoms with Gasteiger partial charge in [-0.3, -0.25) is 4.79 Å². The highest BCUT2D eigenvalue weighted by Crippen LogP contribution is 2.27. The molecule has 30 heavy (non-hydrogen) atoms. The quantitative estimate of drug-likeness (QED) is 0.171. The van der Waals surface area contributed by atoms with E-state index in [4.69, 9.17) is 26.7 Å². The monoisotopic (exact) mass is 437 g/mol. The number of nitrogens with one attached hydrogen (secondary N) is 2. The minimum absolute atomic E-state index is 0.0387. The first kappa shape index (κ1) is 25.3. The summed E-state index contributed by atoms with van der Waals surface area (Å²) in [5.41, 5.74) is 17.3. The first-order valence-corrected chi connectivity index (χ1v) is 9.99. The molecule has 0 aromatic rings. The molecule has 2 aliphatic rings. The van der Waals surface area contributed by atoms with Crippen molar-refractivity contribution in [1.29, 1.82) is 0 Å². The molecule has 1 saturated carbocycles. The Morgan fingerprint density at radius 2 is 1.83 bits per heavy atom. The third-order valence-corrected chi connectivity index (χ3v) is 5.56. The van der Waals surface area contributed by atoms with Crippen molar-refractivity contribution in [1.82, 2.24) is 10.6 Å². The van der Waals surface area contributed by atoms with Crippen molar-refractivity contribution in [3.05, 3.63) is 0 Å². The summed E-state index contributed by atoms with van der Waals surface area (Å²) in [7, 11) is 1.64. The van der Waals surface area contributed by atoms with Crippen LogP contribution in [0.2, 0.25) is 0 Å². The second-order valence-electron chi connectivity index (χ2n) is 7.85. The van der Waals surface area contributed by atoms with E-state index in [9.17, 15) is 30.3 Å². The zero-order valence-electron chi connectivity index (χ0n) is 16.9. The first-order chi connectivity index (χ1) is 14.1. The molecule has 13 N–H and O–H groups in total. The van der Waals surface area contributed by atoms with E-state index >= 15 is 0 Å². The lowest BCUT2D eigenvalue weighted by Gasteiger charge is -2.46. The van der Waals surface area contributed by atoms with Gasteiger partial charge in [0.1, 0.15) is 42.7 Å². The largest absolute Gasteiger partial charge is 0.388 e. The highest BCUT2D eigenvalue weighted by Gasteiger charge is 2.48. The van der Waals surface area contributed by atoms with E-state index in [-0.39, 0.29) is 25.9 Å². The Bertz CT molecular complexity index is 560. The number of carbonyl (C=O) groups excluding carboxylic acids is 1. The average Bonchev–Trinajstić information content (AvgIpc) is 2.70. The van der Waals surface area contributed by atoms with Gasteiger partial charge in [-0.15, -0.1) is 0 Å². The van der Waals surface area contributed by atoms with Gasteiger partial charge in [0.15, 0.2) is 6.29 Å². The van der Waals surface area contributed by atoms with E-state index in [1.54, 1.807) is 7.05 Å². The average molecular weight is 437 g/mol. The summed E-state index contributed by atoms with van der Waals surface area (Å²) in [5.74, 6) is -0.729. The summed E-state index contributed by atoms with van der Waals surface area (Å²) in [4.78, 5) is 12.0. The number of nitrogens with two attached hydrogens (primary N) is 3. The number of likely N-dealkylation sites (N-methyl/N-ethyl adjacent to an activating group) is 1. The maximum atomic E-state index is 12.0. The van der Waals surface area contributed by atoms with Crippen LogP contribution in [-0.4, -0.2) is 119 Å². The summed E-state index contributed by atoms with van der Waals surface area (Å²) in [6.45, 7) is 0.322. The number of ether oxygens (including phenoxy) is 2. The molecule has 10 unspecified atom stereocenters. The van der Waals surface area contributed by atoms with Crippen LogP contribution in [0.5, 0.6) is 0 Å². The van der Waals surface area contributed by atoms with Gasteiger partial charge in [-0.25, -0.2) is 0 Å². The zero-order valence-corrected chi connectivity index (χ0v) is 16.9. The fourth-order valence-electron chi connectivity index (χ4n) is 3.75. The standard InChI is InChI=1S/C17H35N5O8/c1-21-5-9-12(25)13(26)10(20)17(29-9)30-15-6(19)4-7(11(24)14(15)27)22-16(28)8(23)2-3-18/h6-15,17,21,23-27H,2-5,18-20H2,1H3,(H,22,28)/t6?,7?,8-,9?,10?,11?,12?,13?,14?,15?,17?/m0/s1. The molecule has 2 fully saturated rings. The van der Waals surface area contributed by atoms with E-state index in [0.29, 0.717) is 0 Å². The predicted octanol–water partition coefficient (Wildman–Crippen LogP) is -5.99. The number of amides is 1. The molecule has 13 heteroatoms. The molecule has 1 aliphatic heterocycles. The van der Waals surface area contributed by atoms with Crippen molar-refractivity contribution >= 4 is 5.91 Å². The van der Waals surface area contributed by atoms with Crippen LogP contribution in [-0.2, 0) is 14.3 Å². The van der Waals surface area contributed by atoms with Crippen molar-refractivity contribution in [3.63, 3.8) is 0 Å². The lowest BCUT2D eigenvalue weighted by Crippen LogP contribution is -2.68. The summed E-state index contributed by atoms with van der Waals surface area (Å²) >= 11 is 0. The summed E-state index contributed by atoms with van der Waals surface area (Å²) in [6, 6.07) is -2.86. The number of hydrogen-bond donors (Lipinski definition) is 10. The Balaban J connectivity index is 2.03. The molecule has 0 bridgehead atoms. The summed E-state index contributed by atoms with van der Waals surface area (Å²) < 4.78 is 11.3. The molecular weight excluding hydrogens is 402 g/mol. The van der Waals surface area contributed by atoms with E-state index in [1.807, 2.05) is 0 Å². The third kappa shape index (κ3) is 5.63. The van der Waals surface area contributed by atoms with Crippen molar-refractivity contribution in [2.75, 3.05) is 20.1 Å². The van der Waals surface area contributed by atoms with Gasteiger partial charge in [0, 0.05) is 12.6 Å². The molecule has 1 saturated heterocycles. The number of aliphatic hydroxyl groups excluding tert-OH is 5. The van der Waals surface area contributed by atoms with Gasteiger partial charge < -0.3 is 62.8 Å². The Morgan fingerprint density at radius 3 is 2.43 bits per heavy atom. The van der Waals surface area contributed by atoms with Crippen molar-refractivity contribution in [3.8, 4) is 0 Å². The number of aliphatic hydroxyl groups is 5. The van der Waals surface area contributed by atoms with Crippen LogP contribution in [0.15, 0.2) is 0 Å². The van der Waals surface area contributed by atoms with E-state index < -0.39 is 73.1 Å². The van der Waals surface area contributed by atoms with Crippen LogP contribution in [0.3, 0.4) is 0 Å². The fraction of sp³-hybridized carbons (Fsp3) is 0.941. The minimum atomic E-state index is -1.51. The van der Waals surface area contributed by atoms with E-state index in [2.05, 4.69) is 10.6 Å². The van der Waals surface area contributed by atoms with Crippen molar-refractivity contribution < 1.29 is 39.8 Å². The second kappa shape index (κ2) is 11.1. The van der Waals surface area contributed by atoms with Crippen LogP contribution in [0.1, 0.15) is 12.8 Å². The highest BCUT2D eigenvalue weighted by atomic mass is 16.7. The van der Waals surface area contributed by atoms with Gasteiger partial charge in [0.05, 0.1) is 12.1 Å². The minimum Gasteiger partial charge on any atom is -0.388 e. The summed E-state index contributed by atoms with van der Waals surface area (Å²) in [6.07, 6.45) is -9.89. The first-order valence-electron chi connectivity index (χ1n) is 9.99. The number of hydrogen-bond acceptors (Lipinski definition) is 12. The number of rotatable bonds is 8.